The molecule has 0 radical (unpaired) electrons. The van der Waals surface area contributed by atoms with E-state index in [1.165, 1.54) is 17.3 Å². The van der Waals surface area contributed by atoms with Gasteiger partial charge < -0.3 is 10.2 Å². The Morgan fingerprint density at radius 2 is 1.79 bits per heavy atom. The van der Waals surface area contributed by atoms with E-state index in [-0.39, 0.29) is 5.91 Å². The number of anilines is 1. The molecule has 1 fully saturated rings. The number of thiazole rings is 1. The van der Waals surface area contributed by atoms with Crippen molar-refractivity contribution in [2.45, 2.75) is 17.8 Å². The molecule has 5 nitrogen and oxygen atoms in total. The van der Waals surface area contributed by atoms with E-state index < -0.39 is 0 Å². The van der Waals surface area contributed by atoms with Gasteiger partial charge in [-0.25, -0.2) is 4.98 Å². The number of likely N-dealkylation sites (N-methyl/N-ethyl adjacent to an activating group) is 1. The Hall–Kier alpha value is -1.93. The van der Waals surface area contributed by atoms with Crippen LogP contribution in [0.15, 0.2) is 52.9 Å². The van der Waals surface area contributed by atoms with Crippen molar-refractivity contribution >= 4 is 44.9 Å². The SMILES string of the molecule is CCN1CCN(Cc2ccc(NC(=O)CSc3nc4ccccc4s3)cc2)CC1. The number of nitrogens with one attached hydrogen (secondary N) is 1. The maximum absolute atomic E-state index is 12.3. The van der Waals surface area contributed by atoms with Crippen molar-refractivity contribution in [3.8, 4) is 0 Å². The molecule has 2 aromatic carbocycles. The summed E-state index contributed by atoms with van der Waals surface area (Å²) in [7, 11) is 0. The molecule has 3 aromatic rings. The van der Waals surface area contributed by atoms with E-state index in [0.717, 1.165) is 59.5 Å². The summed E-state index contributed by atoms with van der Waals surface area (Å²) in [5.41, 5.74) is 3.13. The number of rotatable bonds is 7. The first-order chi connectivity index (χ1) is 14.2. The van der Waals surface area contributed by atoms with Crippen LogP contribution in [-0.4, -0.2) is 59.2 Å². The number of hydrogen-bond donors (Lipinski definition) is 1. The lowest BCUT2D eigenvalue weighted by Crippen LogP contribution is -2.45. The van der Waals surface area contributed by atoms with Gasteiger partial charge in [-0.2, -0.15) is 0 Å². The maximum atomic E-state index is 12.3. The highest BCUT2D eigenvalue weighted by atomic mass is 32.2. The number of carbonyl (C=O) groups excluding carboxylic acids is 1. The number of benzene rings is 2. The minimum atomic E-state index is -0.00214. The molecular formula is C22H26N4OS2. The van der Waals surface area contributed by atoms with Crippen LogP contribution in [0.1, 0.15) is 12.5 Å². The summed E-state index contributed by atoms with van der Waals surface area (Å²) in [6, 6.07) is 16.3. The van der Waals surface area contributed by atoms with Crippen molar-refractivity contribution < 1.29 is 4.79 Å². The van der Waals surface area contributed by atoms with Gasteiger partial charge in [-0.15, -0.1) is 11.3 Å². The third-order valence-electron chi connectivity index (χ3n) is 5.16. The first kappa shape index (κ1) is 20.3. The summed E-state index contributed by atoms with van der Waals surface area (Å²) in [5.74, 6) is 0.362. The fourth-order valence-corrected chi connectivity index (χ4v) is 5.32. The normalized spacial score (nSPS) is 15.6. The Bertz CT molecular complexity index is 916. The van der Waals surface area contributed by atoms with Crippen LogP contribution in [0.3, 0.4) is 0 Å². The summed E-state index contributed by atoms with van der Waals surface area (Å²) in [6.07, 6.45) is 0. The molecule has 2 heterocycles. The predicted octanol–water partition coefficient (Wildman–Crippen LogP) is 4.16. The highest BCUT2D eigenvalue weighted by Crippen LogP contribution is 2.29. The Morgan fingerprint density at radius 3 is 2.52 bits per heavy atom. The number of fused-ring (bicyclic) bond motifs is 1. The maximum Gasteiger partial charge on any atom is 0.234 e. The molecule has 1 aromatic heterocycles. The van der Waals surface area contributed by atoms with Gasteiger partial charge in [0.1, 0.15) is 0 Å². The molecule has 152 valence electrons. The highest BCUT2D eigenvalue weighted by Gasteiger charge is 2.15. The van der Waals surface area contributed by atoms with Gasteiger partial charge in [0.15, 0.2) is 4.34 Å². The number of piperazine rings is 1. The van der Waals surface area contributed by atoms with E-state index in [4.69, 9.17) is 0 Å². The number of carbonyl (C=O) groups is 1. The van der Waals surface area contributed by atoms with Crippen LogP contribution in [0.4, 0.5) is 5.69 Å². The molecule has 1 aliphatic rings. The van der Waals surface area contributed by atoms with Gasteiger partial charge in [-0.05, 0) is 36.4 Å². The Kier molecular flexibility index (Phi) is 6.82. The second-order valence-corrected chi connectivity index (χ2v) is 9.44. The van der Waals surface area contributed by atoms with Crippen molar-refractivity contribution in [2.24, 2.45) is 0 Å². The molecule has 0 atom stereocenters. The highest BCUT2D eigenvalue weighted by molar-refractivity contribution is 8.01. The molecule has 29 heavy (non-hydrogen) atoms. The van der Waals surface area contributed by atoms with Crippen LogP contribution < -0.4 is 5.32 Å². The molecule has 0 unspecified atom stereocenters. The fraction of sp³-hybridized carbons (Fsp3) is 0.364. The van der Waals surface area contributed by atoms with Gasteiger partial charge in [0, 0.05) is 38.4 Å². The number of thioether (sulfide) groups is 1. The number of hydrogen-bond acceptors (Lipinski definition) is 6. The van der Waals surface area contributed by atoms with Crippen LogP contribution in [0.5, 0.6) is 0 Å². The molecule has 0 aliphatic carbocycles. The van der Waals surface area contributed by atoms with Crippen LogP contribution in [-0.2, 0) is 11.3 Å². The lowest BCUT2D eigenvalue weighted by molar-refractivity contribution is -0.113. The average Bonchev–Trinajstić information content (AvgIpc) is 3.17. The molecular weight excluding hydrogens is 400 g/mol. The van der Waals surface area contributed by atoms with Crippen molar-refractivity contribution in [1.82, 2.24) is 14.8 Å². The molecule has 1 aliphatic heterocycles. The molecule has 1 N–H and O–H groups in total. The standard InChI is InChI=1S/C22H26N4OS2/c1-2-25-11-13-26(14-12-25)15-17-7-9-18(10-8-17)23-21(27)16-28-22-24-19-5-3-4-6-20(19)29-22/h3-10H,2,11-16H2,1H3,(H,23,27). The molecule has 1 saturated heterocycles. The van der Waals surface area contributed by atoms with E-state index in [9.17, 15) is 4.79 Å². The third-order valence-corrected chi connectivity index (χ3v) is 7.34. The zero-order valence-electron chi connectivity index (χ0n) is 16.6. The van der Waals surface area contributed by atoms with Crippen molar-refractivity contribution in [2.75, 3.05) is 43.8 Å². The van der Waals surface area contributed by atoms with Crippen LogP contribution in [0.25, 0.3) is 10.2 Å². The molecule has 1 amide bonds. The van der Waals surface area contributed by atoms with Crippen LogP contribution in [0, 0.1) is 0 Å². The zero-order chi connectivity index (χ0) is 20.1. The summed E-state index contributed by atoms with van der Waals surface area (Å²) in [5, 5.41) is 2.99. The second kappa shape index (κ2) is 9.71. The van der Waals surface area contributed by atoms with Crippen LogP contribution >= 0.6 is 23.1 Å². The topological polar surface area (TPSA) is 48.5 Å². The lowest BCUT2D eigenvalue weighted by atomic mass is 10.1. The first-order valence-corrected chi connectivity index (χ1v) is 11.8. The van der Waals surface area contributed by atoms with Gasteiger partial charge in [0.25, 0.3) is 0 Å². The monoisotopic (exact) mass is 426 g/mol. The first-order valence-electron chi connectivity index (χ1n) is 10.0. The van der Waals surface area contributed by atoms with Crippen molar-refractivity contribution in [1.29, 1.82) is 0 Å². The quantitative estimate of drug-likeness (QED) is 0.575. The summed E-state index contributed by atoms with van der Waals surface area (Å²) < 4.78 is 2.09. The smallest absolute Gasteiger partial charge is 0.234 e. The van der Waals surface area contributed by atoms with E-state index in [2.05, 4.69) is 45.2 Å². The van der Waals surface area contributed by atoms with Crippen LogP contribution in [0.2, 0.25) is 0 Å². The fourth-order valence-electron chi connectivity index (χ4n) is 3.45. The molecule has 0 saturated carbocycles. The summed E-state index contributed by atoms with van der Waals surface area (Å²) in [6.45, 7) is 8.87. The van der Waals surface area contributed by atoms with Gasteiger partial charge in [0.05, 0.1) is 16.0 Å². The largest absolute Gasteiger partial charge is 0.325 e. The number of aromatic nitrogens is 1. The van der Waals surface area contributed by atoms with Gasteiger partial charge in [-0.1, -0.05) is 43.0 Å². The molecule has 7 heteroatoms. The Morgan fingerprint density at radius 1 is 1.07 bits per heavy atom. The second-order valence-electron chi connectivity index (χ2n) is 7.19. The summed E-state index contributed by atoms with van der Waals surface area (Å²) >= 11 is 3.12. The average molecular weight is 427 g/mol. The Labute approximate surface area is 180 Å². The lowest BCUT2D eigenvalue weighted by Gasteiger charge is -2.34. The van der Waals surface area contributed by atoms with Gasteiger partial charge in [0.2, 0.25) is 5.91 Å². The summed E-state index contributed by atoms with van der Waals surface area (Å²) in [4.78, 5) is 21.8. The number of para-hydroxylation sites is 1. The van der Waals surface area contributed by atoms with E-state index in [1.54, 1.807) is 11.3 Å². The van der Waals surface area contributed by atoms with E-state index in [0.29, 0.717) is 5.75 Å². The molecule has 0 bridgehead atoms. The van der Waals surface area contributed by atoms with Crippen molar-refractivity contribution in [3.63, 3.8) is 0 Å². The Balaban J connectivity index is 1.24. The number of amides is 1. The van der Waals surface area contributed by atoms with Gasteiger partial charge in [-0.3, -0.25) is 9.69 Å². The van der Waals surface area contributed by atoms with Gasteiger partial charge >= 0.3 is 0 Å². The number of nitrogens with zero attached hydrogens (tertiary/aromatic N) is 3. The van der Waals surface area contributed by atoms with E-state index in [1.807, 2.05) is 30.3 Å². The van der Waals surface area contributed by atoms with E-state index >= 15 is 0 Å². The minimum Gasteiger partial charge on any atom is -0.325 e. The predicted molar refractivity (Wildman–Crippen MR) is 123 cm³/mol. The molecule has 0 spiro atoms. The third kappa shape index (κ3) is 5.57. The zero-order valence-corrected chi connectivity index (χ0v) is 18.3. The minimum absolute atomic E-state index is 0.00214. The molecule has 4 rings (SSSR count). The van der Waals surface area contributed by atoms with Crippen molar-refractivity contribution in [3.05, 3.63) is 54.1 Å².